The minimum atomic E-state index is -3.66. The van der Waals surface area contributed by atoms with Crippen molar-refractivity contribution < 1.29 is 12.8 Å². The van der Waals surface area contributed by atoms with Crippen molar-refractivity contribution in [3.8, 4) is 0 Å². The maximum Gasteiger partial charge on any atom is 0.240 e. The van der Waals surface area contributed by atoms with Crippen molar-refractivity contribution in [2.24, 2.45) is 0 Å². The molecule has 1 aromatic heterocycles. The Morgan fingerprint density at radius 1 is 1.22 bits per heavy atom. The van der Waals surface area contributed by atoms with Gasteiger partial charge in [-0.25, -0.2) is 22.5 Å². The number of rotatable bonds is 8. The quantitative estimate of drug-likeness (QED) is 0.789. The van der Waals surface area contributed by atoms with Crippen molar-refractivity contribution in [2.45, 2.75) is 31.8 Å². The van der Waals surface area contributed by atoms with Crippen molar-refractivity contribution in [1.29, 1.82) is 0 Å². The van der Waals surface area contributed by atoms with Crippen molar-refractivity contribution in [3.05, 3.63) is 46.2 Å². The van der Waals surface area contributed by atoms with Crippen LogP contribution >= 0.6 is 11.3 Å². The summed E-state index contributed by atoms with van der Waals surface area (Å²) in [6, 6.07) is 4.73. The van der Waals surface area contributed by atoms with Crippen LogP contribution < -0.4 is 4.72 Å². The summed E-state index contributed by atoms with van der Waals surface area (Å²) in [6.45, 7) is 6.96. The minimum absolute atomic E-state index is 0.0406. The Kier molecular flexibility index (Phi) is 6.23. The Morgan fingerprint density at radius 2 is 1.87 bits per heavy atom. The van der Waals surface area contributed by atoms with Gasteiger partial charge in [-0.15, -0.1) is 11.3 Å². The molecule has 0 saturated carbocycles. The zero-order chi connectivity index (χ0) is 16.9. The van der Waals surface area contributed by atoms with Gasteiger partial charge in [0.25, 0.3) is 0 Å². The molecule has 0 bridgehead atoms. The minimum Gasteiger partial charge on any atom is -0.298 e. The maximum absolute atomic E-state index is 12.9. The van der Waals surface area contributed by atoms with Crippen LogP contribution in [-0.4, -0.2) is 31.4 Å². The molecule has 23 heavy (non-hydrogen) atoms. The van der Waals surface area contributed by atoms with Crippen molar-refractivity contribution in [2.75, 3.05) is 13.1 Å². The molecule has 5 nitrogen and oxygen atoms in total. The average molecular weight is 357 g/mol. The molecule has 0 unspecified atom stereocenters. The molecule has 0 spiro atoms. The molecule has 8 heteroatoms. The highest BCUT2D eigenvalue weighted by Gasteiger charge is 2.15. The Bertz CT molecular complexity index is 725. The van der Waals surface area contributed by atoms with Gasteiger partial charge in [-0.3, -0.25) is 4.90 Å². The van der Waals surface area contributed by atoms with Gasteiger partial charge in [0.1, 0.15) is 10.8 Å². The normalized spacial score (nSPS) is 12.0. The number of hydrogen-bond acceptors (Lipinski definition) is 5. The van der Waals surface area contributed by atoms with E-state index in [1.54, 1.807) is 0 Å². The molecule has 2 rings (SSSR count). The van der Waals surface area contributed by atoms with E-state index in [0.29, 0.717) is 5.01 Å². The number of halogens is 1. The number of nitrogens with one attached hydrogen (secondary N) is 1. The van der Waals surface area contributed by atoms with E-state index in [-0.39, 0.29) is 11.4 Å². The molecule has 0 atom stereocenters. The molecule has 1 aromatic carbocycles. The van der Waals surface area contributed by atoms with Crippen LogP contribution in [-0.2, 0) is 23.1 Å². The van der Waals surface area contributed by atoms with Gasteiger partial charge < -0.3 is 0 Å². The predicted octanol–water partition coefficient (Wildman–Crippen LogP) is 2.60. The zero-order valence-corrected chi connectivity index (χ0v) is 14.8. The summed E-state index contributed by atoms with van der Waals surface area (Å²) in [5.41, 5.74) is 0.940. The average Bonchev–Trinajstić information content (AvgIpc) is 2.99. The van der Waals surface area contributed by atoms with Gasteiger partial charge in [-0.1, -0.05) is 13.8 Å². The van der Waals surface area contributed by atoms with Crippen LogP contribution in [0.4, 0.5) is 4.39 Å². The summed E-state index contributed by atoms with van der Waals surface area (Å²) < 4.78 is 39.6. The number of aromatic nitrogens is 1. The first kappa shape index (κ1) is 18.0. The molecule has 0 fully saturated rings. The van der Waals surface area contributed by atoms with Crippen molar-refractivity contribution in [1.82, 2.24) is 14.6 Å². The molecule has 2 aromatic rings. The van der Waals surface area contributed by atoms with Gasteiger partial charge in [0.2, 0.25) is 10.0 Å². The van der Waals surface area contributed by atoms with Crippen LogP contribution in [0.1, 0.15) is 24.5 Å². The first-order chi connectivity index (χ1) is 10.9. The third-order valence-corrected chi connectivity index (χ3v) is 5.73. The van der Waals surface area contributed by atoms with Crippen LogP contribution in [0.15, 0.2) is 34.5 Å². The summed E-state index contributed by atoms with van der Waals surface area (Å²) in [5, 5.41) is 2.65. The fraction of sp³-hybridized carbons (Fsp3) is 0.400. The fourth-order valence-corrected chi connectivity index (χ4v) is 3.84. The third-order valence-electron chi connectivity index (χ3n) is 3.42. The van der Waals surface area contributed by atoms with E-state index in [9.17, 15) is 12.8 Å². The fourth-order valence-electron chi connectivity index (χ4n) is 2.03. The molecule has 0 aliphatic heterocycles. The largest absolute Gasteiger partial charge is 0.298 e. The van der Waals surface area contributed by atoms with Gasteiger partial charge in [0.15, 0.2) is 0 Å². The topological polar surface area (TPSA) is 62.3 Å². The maximum atomic E-state index is 12.9. The lowest BCUT2D eigenvalue weighted by atomic mass is 10.4. The van der Waals surface area contributed by atoms with E-state index >= 15 is 0 Å². The van der Waals surface area contributed by atoms with Crippen molar-refractivity contribution in [3.63, 3.8) is 0 Å². The smallest absolute Gasteiger partial charge is 0.240 e. The summed E-state index contributed by atoms with van der Waals surface area (Å²) >= 11 is 1.43. The second-order valence-electron chi connectivity index (χ2n) is 4.97. The molecular formula is C15H20FN3O2S2. The Hall–Kier alpha value is -1.35. The Balaban J connectivity index is 1.98. The third kappa shape index (κ3) is 5.07. The van der Waals surface area contributed by atoms with Gasteiger partial charge >= 0.3 is 0 Å². The lowest BCUT2D eigenvalue weighted by Crippen LogP contribution is -2.24. The van der Waals surface area contributed by atoms with E-state index in [1.807, 2.05) is 5.38 Å². The second kappa shape index (κ2) is 7.96. The first-order valence-corrected chi connectivity index (χ1v) is 9.71. The molecule has 0 aliphatic carbocycles. The number of hydrogen-bond donors (Lipinski definition) is 1. The van der Waals surface area contributed by atoms with Crippen LogP contribution in [0.3, 0.4) is 0 Å². The lowest BCUT2D eigenvalue weighted by molar-refractivity contribution is 0.292. The van der Waals surface area contributed by atoms with E-state index < -0.39 is 15.8 Å². The number of thiazole rings is 1. The van der Waals surface area contributed by atoms with Crippen LogP contribution in [0, 0.1) is 5.82 Å². The summed E-state index contributed by atoms with van der Waals surface area (Å²) in [6.07, 6.45) is 0. The molecule has 1 N–H and O–H groups in total. The Labute approximate surface area is 140 Å². The highest BCUT2D eigenvalue weighted by Crippen LogP contribution is 2.14. The molecule has 0 aliphatic rings. The summed E-state index contributed by atoms with van der Waals surface area (Å²) in [4.78, 5) is 6.72. The number of sulfonamides is 1. The SMILES string of the molecule is CCN(CC)Cc1csc(CNS(=O)(=O)c2ccc(F)cc2)n1. The number of nitrogens with zero attached hydrogens (tertiary/aromatic N) is 2. The van der Waals surface area contributed by atoms with Gasteiger partial charge in [-0.2, -0.15) is 0 Å². The standard InChI is InChI=1S/C15H20FN3O2S2/c1-3-19(4-2)10-13-11-22-15(18-13)9-17-23(20,21)14-7-5-12(16)6-8-14/h5-8,11,17H,3-4,9-10H2,1-2H3. The van der Waals surface area contributed by atoms with Gasteiger partial charge in [-0.05, 0) is 37.4 Å². The van der Waals surface area contributed by atoms with Crippen LogP contribution in [0.5, 0.6) is 0 Å². The van der Waals surface area contributed by atoms with Gasteiger partial charge in [0.05, 0.1) is 17.1 Å². The lowest BCUT2D eigenvalue weighted by Gasteiger charge is -2.15. The molecule has 126 valence electrons. The predicted molar refractivity (Wildman–Crippen MR) is 89.2 cm³/mol. The highest BCUT2D eigenvalue weighted by molar-refractivity contribution is 7.89. The molecular weight excluding hydrogens is 337 g/mol. The molecule has 1 heterocycles. The first-order valence-electron chi connectivity index (χ1n) is 7.35. The summed E-state index contributed by atoms with van der Waals surface area (Å²) in [7, 11) is -3.66. The van der Waals surface area contributed by atoms with Crippen molar-refractivity contribution >= 4 is 21.4 Å². The van der Waals surface area contributed by atoms with Crippen LogP contribution in [0.25, 0.3) is 0 Å². The summed E-state index contributed by atoms with van der Waals surface area (Å²) in [5.74, 6) is -0.468. The molecule has 0 amide bonds. The molecule has 0 saturated heterocycles. The van der Waals surface area contributed by atoms with Crippen LogP contribution in [0.2, 0.25) is 0 Å². The molecule has 0 radical (unpaired) electrons. The number of benzene rings is 1. The van der Waals surface area contributed by atoms with E-state index in [2.05, 4.69) is 28.5 Å². The van der Waals surface area contributed by atoms with Gasteiger partial charge in [0, 0.05) is 11.9 Å². The zero-order valence-electron chi connectivity index (χ0n) is 13.1. The van der Waals surface area contributed by atoms with E-state index in [0.717, 1.165) is 37.5 Å². The second-order valence-corrected chi connectivity index (χ2v) is 7.68. The van der Waals surface area contributed by atoms with E-state index in [1.165, 1.54) is 23.5 Å². The highest BCUT2D eigenvalue weighted by atomic mass is 32.2. The van der Waals surface area contributed by atoms with E-state index in [4.69, 9.17) is 0 Å². The Morgan fingerprint density at radius 3 is 2.48 bits per heavy atom. The monoisotopic (exact) mass is 357 g/mol.